The SMILES string of the molecule is CCCCCc1cc(O)c(C2C=C(C)CCC2)c(O)c1S(=O)(=O)N(CCO)CCBr. The van der Waals surface area contributed by atoms with Gasteiger partial charge >= 0.3 is 0 Å². The minimum Gasteiger partial charge on any atom is -0.507 e. The normalized spacial score (nSPS) is 17.4. The number of aliphatic hydroxyl groups excluding tert-OH is 1. The summed E-state index contributed by atoms with van der Waals surface area (Å²) in [7, 11) is -4.05. The molecule has 1 aliphatic rings. The van der Waals surface area contributed by atoms with Crippen molar-refractivity contribution in [1.82, 2.24) is 4.31 Å². The Morgan fingerprint density at radius 2 is 1.97 bits per heavy atom. The van der Waals surface area contributed by atoms with E-state index in [1.807, 2.05) is 13.0 Å². The molecule has 0 bridgehead atoms. The molecule has 0 radical (unpaired) electrons. The van der Waals surface area contributed by atoms with Gasteiger partial charge in [-0.25, -0.2) is 8.42 Å². The molecule has 0 heterocycles. The summed E-state index contributed by atoms with van der Waals surface area (Å²) in [6, 6.07) is 1.51. The van der Waals surface area contributed by atoms with E-state index in [0.29, 0.717) is 17.3 Å². The van der Waals surface area contributed by atoms with Crippen LogP contribution in [0.1, 0.15) is 69.4 Å². The van der Waals surface area contributed by atoms with E-state index in [1.54, 1.807) is 0 Å². The highest BCUT2D eigenvalue weighted by atomic mass is 79.9. The first-order valence-electron chi connectivity index (χ1n) is 10.7. The molecule has 0 spiro atoms. The maximum absolute atomic E-state index is 13.5. The molecule has 1 aromatic rings. The Hall–Kier alpha value is -1.09. The van der Waals surface area contributed by atoms with Crippen molar-refractivity contribution >= 4 is 26.0 Å². The number of hydrogen-bond acceptors (Lipinski definition) is 5. The van der Waals surface area contributed by atoms with Crippen LogP contribution in [0.3, 0.4) is 0 Å². The lowest BCUT2D eigenvalue weighted by molar-refractivity contribution is 0.257. The number of halogens is 1. The molecule has 2 rings (SSSR count). The van der Waals surface area contributed by atoms with Crippen LogP contribution < -0.4 is 0 Å². The Morgan fingerprint density at radius 1 is 1.23 bits per heavy atom. The summed E-state index contributed by atoms with van der Waals surface area (Å²) in [6.45, 7) is 3.88. The van der Waals surface area contributed by atoms with E-state index in [1.165, 1.54) is 15.9 Å². The second kappa shape index (κ2) is 11.5. The van der Waals surface area contributed by atoms with Gasteiger partial charge < -0.3 is 15.3 Å². The van der Waals surface area contributed by atoms with Gasteiger partial charge in [-0.1, -0.05) is 47.3 Å². The summed E-state index contributed by atoms with van der Waals surface area (Å²) in [5.41, 5.74) is 1.88. The van der Waals surface area contributed by atoms with Gasteiger partial charge in [-0.3, -0.25) is 0 Å². The first-order chi connectivity index (χ1) is 14.3. The highest BCUT2D eigenvalue weighted by molar-refractivity contribution is 9.09. The second-order valence-corrected chi connectivity index (χ2v) is 10.6. The molecule has 0 amide bonds. The van der Waals surface area contributed by atoms with Crippen LogP contribution in [-0.4, -0.2) is 53.1 Å². The number of hydrogen-bond donors (Lipinski definition) is 3. The number of sulfonamides is 1. The lowest BCUT2D eigenvalue weighted by Gasteiger charge is -2.27. The fourth-order valence-electron chi connectivity index (χ4n) is 4.13. The molecule has 1 aliphatic carbocycles. The van der Waals surface area contributed by atoms with Gasteiger partial charge in [0.05, 0.1) is 6.61 Å². The summed E-state index contributed by atoms with van der Waals surface area (Å²) >= 11 is 3.27. The Labute approximate surface area is 188 Å². The van der Waals surface area contributed by atoms with E-state index in [2.05, 4.69) is 22.9 Å². The van der Waals surface area contributed by atoms with Crippen molar-refractivity contribution in [2.24, 2.45) is 0 Å². The van der Waals surface area contributed by atoms with E-state index >= 15 is 0 Å². The second-order valence-electron chi connectivity index (χ2n) is 7.93. The number of nitrogens with zero attached hydrogens (tertiary/aromatic N) is 1. The smallest absolute Gasteiger partial charge is 0.247 e. The molecule has 8 heteroatoms. The number of aromatic hydroxyl groups is 2. The van der Waals surface area contributed by atoms with Gasteiger partial charge in [0, 0.05) is 29.9 Å². The zero-order chi connectivity index (χ0) is 22.3. The van der Waals surface area contributed by atoms with E-state index in [9.17, 15) is 23.7 Å². The number of unbranched alkanes of at least 4 members (excludes halogenated alkanes) is 2. The maximum Gasteiger partial charge on any atom is 0.247 e. The van der Waals surface area contributed by atoms with Crippen molar-refractivity contribution in [2.45, 2.75) is 69.6 Å². The van der Waals surface area contributed by atoms with E-state index < -0.39 is 10.0 Å². The standard InChI is InChI=1S/C22H34BrNO5S/c1-3-4-5-8-18-15-19(26)20(17-9-6-7-16(2)14-17)21(27)22(18)30(28,29)24(11-10-23)12-13-25/h14-15,17,25-27H,3-13H2,1-2H3. The van der Waals surface area contributed by atoms with Crippen molar-refractivity contribution in [1.29, 1.82) is 0 Å². The highest BCUT2D eigenvalue weighted by Gasteiger charge is 2.34. The van der Waals surface area contributed by atoms with Crippen molar-refractivity contribution in [3.05, 3.63) is 28.8 Å². The minimum atomic E-state index is -4.05. The predicted molar refractivity (Wildman–Crippen MR) is 123 cm³/mol. The summed E-state index contributed by atoms with van der Waals surface area (Å²) in [4.78, 5) is -0.127. The predicted octanol–water partition coefficient (Wildman–Crippen LogP) is 4.42. The molecule has 170 valence electrons. The van der Waals surface area contributed by atoms with E-state index in [-0.39, 0.29) is 47.6 Å². The number of rotatable bonds is 11. The van der Waals surface area contributed by atoms with Gasteiger partial charge in [0.1, 0.15) is 16.4 Å². The number of aliphatic hydroxyl groups is 1. The first-order valence-corrected chi connectivity index (χ1v) is 13.3. The molecular formula is C22H34BrNO5S. The number of allylic oxidation sites excluding steroid dienone is 2. The topological polar surface area (TPSA) is 98.1 Å². The molecule has 0 fully saturated rings. The monoisotopic (exact) mass is 503 g/mol. The van der Waals surface area contributed by atoms with Crippen LogP contribution >= 0.6 is 15.9 Å². The molecule has 0 saturated carbocycles. The van der Waals surface area contributed by atoms with Crippen molar-refractivity contribution in [3.63, 3.8) is 0 Å². The van der Waals surface area contributed by atoms with E-state index in [4.69, 9.17) is 0 Å². The average Bonchev–Trinajstić information content (AvgIpc) is 2.67. The van der Waals surface area contributed by atoms with Gasteiger partial charge in [0.25, 0.3) is 0 Å². The highest BCUT2D eigenvalue weighted by Crippen LogP contribution is 2.46. The largest absolute Gasteiger partial charge is 0.507 e. The van der Waals surface area contributed by atoms with Crippen molar-refractivity contribution < 1.29 is 23.7 Å². The molecule has 1 unspecified atom stereocenters. The van der Waals surface area contributed by atoms with E-state index in [0.717, 1.165) is 38.5 Å². The lowest BCUT2D eigenvalue weighted by atomic mass is 9.84. The molecule has 3 N–H and O–H groups in total. The molecule has 1 aromatic carbocycles. The number of phenolic OH excluding ortho intramolecular Hbond substituents is 2. The molecule has 0 aromatic heterocycles. The Balaban J connectivity index is 2.66. The summed E-state index contributed by atoms with van der Waals surface area (Å²) < 4.78 is 28.3. The van der Waals surface area contributed by atoms with Gasteiger partial charge in [-0.05, 0) is 50.7 Å². The van der Waals surface area contributed by atoms with Crippen LogP contribution in [-0.2, 0) is 16.4 Å². The Kier molecular flexibility index (Phi) is 9.66. The Morgan fingerprint density at radius 3 is 2.57 bits per heavy atom. The van der Waals surface area contributed by atoms with Crippen molar-refractivity contribution in [3.8, 4) is 11.5 Å². The van der Waals surface area contributed by atoms with Gasteiger partial charge in [-0.2, -0.15) is 4.31 Å². The molecule has 0 aliphatic heterocycles. The summed E-state index contributed by atoms with van der Waals surface area (Å²) in [6.07, 6.45) is 7.76. The molecule has 1 atom stereocenters. The maximum atomic E-state index is 13.5. The molecule has 6 nitrogen and oxygen atoms in total. The van der Waals surface area contributed by atoms with Gasteiger partial charge in [0.2, 0.25) is 10.0 Å². The Bertz CT molecular complexity index is 848. The third kappa shape index (κ3) is 5.78. The van der Waals surface area contributed by atoms with Crippen LogP contribution in [0.25, 0.3) is 0 Å². The lowest BCUT2D eigenvalue weighted by Crippen LogP contribution is -2.35. The summed E-state index contributed by atoms with van der Waals surface area (Å²) in [5, 5.41) is 31.8. The van der Waals surface area contributed by atoms with Crippen LogP contribution in [0.2, 0.25) is 0 Å². The van der Waals surface area contributed by atoms with Crippen LogP contribution in [0.4, 0.5) is 0 Å². The zero-order valence-electron chi connectivity index (χ0n) is 17.9. The van der Waals surface area contributed by atoms with Gasteiger partial charge in [-0.15, -0.1) is 0 Å². The zero-order valence-corrected chi connectivity index (χ0v) is 20.3. The third-order valence-corrected chi connectivity index (χ3v) is 7.99. The van der Waals surface area contributed by atoms with Gasteiger partial charge in [0.15, 0.2) is 0 Å². The van der Waals surface area contributed by atoms with Crippen LogP contribution in [0, 0.1) is 0 Å². The quantitative estimate of drug-likeness (QED) is 0.236. The number of benzene rings is 1. The summed E-state index contributed by atoms with van der Waals surface area (Å²) in [5.74, 6) is -0.627. The third-order valence-electron chi connectivity index (χ3n) is 5.62. The first kappa shape index (κ1) is 25.2. The van der Waals surface area contributed by atoms with Crippen LogP contribution in [0.5, 0.6) is 11.5 Å². The minimum absolute atomic E-state index is 0.0527. The fourth-order valence-corrected chi connectivity index (χ4v) is 6.56. The number of alkyl halides is 1. The number of aryl methyl sites for hydroxylation is 1. The fraction of sp³-hybridized carbons (Fsp3) is 0.636. The van der Waals surface area contributed by atoms with Crippen molar-refractivity contribution in [2.75, 3.05) is 25.0 Å². The molecule has 30 heavy (non-hydrogen) atoms. The van der Waals surface area contributed by atoms with Crippen LogP contribution in [0.15, 0.2) is 22.6 Å². The average molecular weight is 504 g/mol. The molecule has 0 saturated heterocycles. The molecular weight excluding hydrogens is 470 g/mol. The number of phenols is 2.